The van der Waals surface area contributed by atoms with Crippen LogP contribution in [0.2, 0.25) is 0 Å². The van der Waals surface area contributed by atoms with Gasteiger partial charge in [0.1, 0.15) is 22.9 Å². The van der Waals surface area contributed by atoms with Crippen molar-refractivity contribution in [2.75, 3.05) is 19.6 Å². The Morgan fingerprint density at radius 1 is 1.37 bits per heavy atom. The van der Waals surface area contributed by atoms with E-state index in [4.69, 9.17) is 4.42 Å². The topological polar surface area (TPSA) is 110 Å². The lowest BCUT2D eigenvalue weighted by Crippen LogP contribution is -2.39. The zero-order chi connectivity index (χ0) is 21.7. The summed E-state index contributed by atoms with van der Waals surface area (Å²) in [4.78, 5) is 16.9. The summed E-state index contributed by atoms with van der Waals surface area (Å²) in [7, 11) is 0. The van der Waals surface area contributed by atoms with Gasteiger partial charge in [0.05, 0.1) is 6.54 Å². The van der Waals surface area contributed by atoms with Crippen molar-refractivity contribution < 1.29 is 9.52 Å². The molecule has 0 radical (unpaired) electrons. The van der Waals surface area contributed by atoms with Gasteiger partial charge in [-0.3, -0.25) is 4.57 Å². The quantitative estimate of drug-likeness (QED) is 0.340. The van der Waals surface area contributed by atoms with Crippen molar-refractivity contribution in [1.29, 1.82) is 0 Å². The van der Waals surface area contributed by atoms with Gasteiger partial charge in [0.25, 0.3) is 0 Å². The third-order valence-electron chi connectivity index (χ3n) is 5.38. The van der Waals surface area contributed by atoms with Gasteiger partial charge < -0.3 is 20.2 Å². The van der Waals surface area contributed by atoms with Crippen molar-refractivity contribution in [3.63, 3.8) is 0 Å². The lowest BCUT2D eigenvalue weighted by atomic mass is 9.96. The average molecular weight is 419 g/mol. The predicted octanol–water partition coefficient (Wildman–Crippen LogP) is 1.44. The lowest BCUT2D eigenvalue weighted by Gasteiger charge is -2.21. The lowest BCUT2D eigenvalue weighted by molar-refractivity contribution is 0.0657. The van der Waals surface area contributed by atoms with Crippen molar-refractivity contribution in [2.45, 2.75) is 72.1 Å². The third-order valence-corrected chi connectivity index (χ3v) is 5.38. The monoisotopic (exact) mass is 418 g/mol. The second-order valence-corrected chi connectivity index (χ2v) is 8.11. The first kappa shape index (κ1) is 22.1. The van der Waals surface area contributed by atoms with Crippen LogP contribution in [0.15, 0.2) is 20.3 Å². The molecule has 3 N–H and O–H groups in total. The van der Waals surface area contributed by atoms with Crippen LogP contribution in [0, 0.1) is 13.8 Å². The summed E-state index contributed by atoms with van der Waals surface area (Å²) in [5, 5.41) is 21.8. The normalized spacial score (nSPS) is 16.2. The van der Waals surface area contributed by atoms with Gasteiger partial charge in [0.2, 0.25) is 0 Å². The predicted molar refractivity (Wildman–Crippen MR) is 116 cm³/mol. The van der Waals surface area contributed by atoms with E-state index >= 15 is 0 Å². The highest BCUT2D eigenvalue weighted by Crippen LogP contribution is 2.27. The number of rotatable bonds is 8. The first-order chi connectivity index (χ1) is 14.3. The van der Waals surface area contributed by atoms with Crippen LogP contribution in [-0.2, 0) is 25.1 Å². The Morgan fingerprint density at radius 3 is 2.83 bits per heavy atom. The summed E-state index contributed by atoms with van der Waals surface area (Å²) in [6.45, 7) is 10.4. The summed E-state index contributed by atoms with van der Waals surface area (Å²) < 4.78 is 8.91. The molecule has 0 aliphatic carbocycles. The molecular formula is C21H34N6O3. The molecular weight excluding hydrogens is 384 g/mol. The van der Waals surface area contributed by atoms with Crippen LogP contribution in [0.3, 0.4) is 0 Å². The minimum atomic E-state index is -1.12. The number of aromatic nitrogens is 3. The molecule has 30 heavy (non-hydrogen) atoms. The summed E-state index contributed by atoms with van der Waals surface area (Å²) in [6, 6.07) is 1.85. The van der Waals surface area contributed by atoms with Gasteiger partial charge >= 0.3 is 5.69 Å². The van der Waals surface area contributed by atoms with Crippen LogP contribution in [0.4, 0.5) is 0 Å². The Balaban J connectivity index is 1.55. The Hall–Kier alpha value is -2.55. The van der Waals surface area contributed by atoms with Crippen LogP contribution >= 0.6 is 0 Å². The first-order valence-corrected chi connectivity index (χ1v) is 10.8. The summed E-state index contributed by atoms with van der Waals surface area (Å²) in [5.41, 5.74) is -0.373. The minimum absolute atomic E-state index is 0.00732. The average Bonchev–Trinajstić information content (AvgIpc) is 3.22. The van der Waals surface area contributed by atoms with Crippen LogP contribution < -0.4 is 16.3 Å². The number of guanidine groups is 1. The maximum absolute atomic E-state index is 12.4. The van der Waals surface area contributed by atoms with Crippen molar-refractivity contribution in [2.24, 2.45) is 4.99 Å². The molecule has 0 saturated carbocycles. The van der Waals surface area contributed by atoms with Gasteiger partial charge in [-0.25, -0.2) is 14.5 Å². The summed E-state index contributed by atoms with van der Waals surface area (Å²) in [6.07, 6.45) is 3.77. The Morgan fingerprint density at radius 2 is 2.17 bits per heavy atom. The molecule has 2 aromatic heterocycles. The Bertz CT molecular complexity index is 937. The van der Waals surface area contributed by atoms with Crippen LogP contribution in [0.1, 0.15) is 56.0 Å². The Kier molecular flexibility index (Phi) is 7.02. The summed E-state index contributed by atoms with van der Waals surface area (Å²) in [5.74, 6) is 3.01. The highest BCUT2D eigenvalue weighted by Gasteiger charge is 2.27. The fraction of sp³-hybridized carbons (Fsp3) is 0.667. The van der Waals surface area contributed by atoms with Crippen LogP contribution in [0.25, 0.3) is 0 Å². The SMILES string of the molecule is CCNC(=NCC(C)(O)c1cc(C)oc1C)NCCCn1nc2n(c1=O)CCCC2. The van der Waals surface area contributed by atoms with E-state index in [0.29, 0.717) is 31.4 Å². The van der Waals surface area contributed by atoms with Crippen LogP contribution in [0.5, 0.6) is 0 Å². The molecule has 0 bridgehead atoms. The van der Waals surface area contributed by atoms with Gasteiger partial charge in [0.15, 0.2) is 5.96 Å². The zero-order valence-corrected chi connectivity index (χ0v) is 18.5. The van der Waals surface area contributed by atoms with E-state index in [1.807, 2.05) is 26.8 Å². The molecule has 9 nitrogen and oxygen atoms in total. The molecule has 1 unspecified atom stereocenters. The number of hydrogen-bond donors (Lipinski definition) is 3. The van der Waals surface area contributed by atoms with E-state index in [-0.39, 0.29) is 12.2 Å². The van der Waals surface area contributed by atoms with Gasteiger partial charge in [-0.05, 0) is 53.0 Å². The molecule has 3 rings (SSSR count). The molecule has 0 fully saturated rings. The largest absolute Gasteiger partial charge is 0.466 e. The van der Waals surface area contributed by atoms with E-state index in [2.05, 4.69) is 20.7 Å². The minimum Gasteiger partial charge on any atom is -0.466 e. The van der Waals surface area contributed by atoms with Crippen LogP contribution in [-0.4, -0.2) is 45.0 Å². The molecule has 1 atom stereocenters. The number of hydrogen-bond acceptors (Lipinski definition) is 5. The number of aliphatic imine (C=N–C) groups is 1. The summed E-state index contributed by atoms with van der Waals surface area (Å²) >= 11 is 0. The molecule has 0 amide bonds. The highest BCUT2D eigenvalue weighted by molar-refractivity contribution is 5.79. The fourth-order valence-corrected chi connectivity index (χ4v) is 3.86. The van der Waals surface area contributed by atoms with Gasteiger partial charge in [-0.1, -0.05) is 0 Å². The maximum Gasteiger partial charge on any atom is 0.345 e. The van der Waals surface area contributed by atoms with E-state index in [9.17, 15) is 9.90 Å². The van der Waals surface area contributed by atoms with Crippen molar-refractivity contribution >= 4 is 5.96 Å². The molecule has 0 aromatic carbocycles. The molecule has 3 heterocycles. The smallest absolute Gasteiger partial charge is 0.345 e. The maximum atomic E-state index is 12.4. The highest BCUT2D eigenvalue weighted by atomic mass is 16.3. The number of aliphatic hydroxyl groups is 1. The third kappa shape index (κ3) is 5.13. The molecule has 1 aliphatic rings. The molecule has 1 aliphatic heterocycles. The fourth-order valence-electron chi connectivity index (χ4n) is 3.86. The Labute approximate surface area is 177 Å². The van der Waals surface area contributed by atoms with Gasteiger partial charge in [-0.15, -0.1) is 0 Å². The van der Waals surface area contributed by atoms with E-state index in [0.717, 1.165) is 49.4 Å². The zero-order valence-electron chi connectivity index (χ0n) is 18.5. The van der Waals surface area contributed by atoms with E-state index in [1.54, 1.807) is 16.2 Å². The number of furan rings is 1. The number of nitrogens with zero attached hydrogens (tertiary/aromatic N) is 4. The van der Waals surface area contributed by atoms with E-state index < -0.39 is 5.60 Å². The second-order valence-electron chi connectivity index (χ2n) is 8.11. The first-order valence-electron chi connectivity index (χ1n) is 10.8. The van der Waals surface area contributed by atoms with Gasteiger partial charge in [-0.2, -0.15) is 5.10 Å². The number of nitrogens with one attached hydrogen (secondary N) is 2. The standard InChI is InChI=1S/C21H34N6O3/c1-5-22-19(24-14-21(4,29)17-13-15(2)30-16(17)3)23-10-8-12-27-20(28)26-11-7-6-9-18(26)25-27/h13,29H,5-12,14H2,1-4H3,(H2,22,23,24). The molecule has 166 valence electrons. The van der Waals surface area contributed by atoms with Crippen molar-refractivity contribution in [1.82, 2.24) is 25.0 Å². The second kappa shape index (κ2) is 9.51. The molecule has 9 heteroatoms. The number of fused-ring (bicyclic) bond motifs is 1. The van der Waals surface area contributed by atoms with Crippen molar-refractivity contribution in [3.05, 3.63) is 39.5 Å². The number of aryl methyl sites for hydroxylation is 4. The molecule has 0 spiro atoms. The van der Waals surface area contributed by atoms with E-state index in [1.165, 1.54) is 0 Å². The van der Waals surface area contributed by atoms with Crippen molar-refractivity contribution in [3.8, 4) is 0 Å². The molecule has 0 saturated heterocycles. The molecule has 2 aromatic rings. The van der Waals surface area contributed by atoms with Gasteiger partial charge in [0, 0.05) is 38.2 Å².